The lowest BCUT2D eigenvalue weighted by atomic mass is 9.47. The lowest BCUT2D eigenvalue weighted by Crippen LogP contribution is -2.50. The van der Waals surface area contributed by atoms with E-state index >= 15 is 0 Å². The van der Waals surface area contributed by atoms with E-state index in [-0.39, 0.29) is 5.41 Å². The maximum Gasteiger partial charge on any atom is 0.192 e. The molecule has 0 radical (unpaired) electrons. The predicted molar refractivity (Wildman–Crippen MR) is 104 cm³/mol. The van der Waals surface area contributed by atoms with Crippen LogP contribution in [0.25, 0.3) is 0 Å². The van der Waals surface area contributed by atoms with Gasteiger partial charge in [0.1, 0.15) is 0 Å². The zero-order valence-electron chi connectivity index (χ0n) is 14.9. The molecule has 0 spiro atoms. The van der Waals surface area contributed by atoms with E-state index in [1.54, 1.807) is 0 Å². The van der Waals surface area contributed by atoms with Gasteiger partial charge in [0, 0.05) is 12.8 Å². The molecule has 4 aliphatic carbocycles. The van der Waals surface area contributed by atoms with Crippen LogP contribution < -0.4 is 0 Å². The fourth-order valence-electron chi connectivity index (χ4n) is 7.20. The Morgan fingerprint density at radius 3 is 2.67 bits per heavy atom. The number of hydrogen-bond acceptors (Lipinski definition) is 2. The molecule has 0 heterocycles. The Balaban J connectivity index is 1.62. The van der Waals surface area contributed by atoms with Crippen LogP contribution in [0.2, 0.25) is 0 Å². The van der Waals surface area contributed by atoms with Crippen LogP contribution in [-0.2, 0) is 9.59 Å². The molecule has 1 unspecified atom stereocenters. The van der Waals surface area contributed by atoms with Crippen molar-refractivity contribution in [2.75, 3.05) is 0 Å². The third-order valence-electron chi connectivity index (χ3n) is 8.57. The number of allylic oxidation sites excluding steroid dienone is 1. The number of halogens is 1. The van der Waals surface area contributed by atoms with Gasteiger partial charge in [0.25, 0.3) is 0 Å². The van der Waals surface area contributed by atoms with Gasteiger partial charge in [-0.3, -0.25) is 9.59 Å². The van der Waals surface area contributed by atoms with Crippen LogP contribution in [0.1, 0.15) is 71.6 Å². The quantitative estimate of drug-likeness (QED) is 0.421. The third kappa shape index (κ3) is 2.47. The number of carbonyl (C=O) groups excluding carboxylic acids is 2. The summed E-state index contributed by atoms with van der Waals surface area (Å²) < 4.78 is 0.341. The van der Waals surface area contributed by atoms with Gasteiger partial charge in [-0.15, -0.1) is 0 Å². The highest BCUT2D eigenvalue weighted by molar-refractivity contribution is 14.1. The molecule has 6 atom stereocenters. The van der Waals surface area contributed by atoms with Crippen molar-refractivity contribution in [3.05, 3.63) is 11.6 Å². The Bertz CT molecular complexity index is 609. The Hall–Kier alpha value is -0.190. The van der Waals surface area contributed by atoms with Crippen LogP contribution in [0.3, 0.4) is 0 Å². The molecule has 132 valence electrons. The van der Waals surface area contributed by atoms with Gasteiger partial charge in [-0.05, 0) is 108 Å². The van der Waals surface area contributed by atoms with Gasteiger partial charge in [0.15, 0.2) is 9.57 Å². The maximum absolute atomic E-state index is 11.9. The van der Waals surface area contributed by atoms with Gasteiger partial charge < -0.3 is 0 Å². The number of fused-ring (bicyclic) bond motifs is 5. The summed E-state index contributed by atoms with van der Waals surface area (Å²) in [6, 6.07) is 0. The number of rotatable bonds is 2. The second kappa shape index (κ2) is 5.92. The fourth-order valence-corrected chi connectivity index (χ4v) is 7.73. The molecule has 3 saturated carbocycles. The van der Waals surface area contributed by atoms with Crippen molar-refractivity contribution in [2.24, 2.45) is 34.5 Å². The van der Waals surface area contributed by atoms with Crippen molar-refractivity contribution in [3.8, 4) is 0 Å². The van der Waals surface area contributed by atoms with Crippen molar-refractivity contribution in [2.45, 2.75) is 71.6 Å². The monoisotopic (exact) mass is 440 g/mol. The standard InChI is InChI=1S/C21H29IO2/c1-20-9-7-15(23)11-13(20)3-5-16-17-6-4-14(12-19(22)24)21(17,2)10-8-18(16)20/h11,14,16-18H,3-10,12H2,1-2H3/t14?,16-,17-,18+,20-,21+/m0/s1. The van der Waals surface area contributed by atoms with E-state index < -0.39 is 0 Å². The summed E-state index contributed by atoms with van der Waals surface area (Å²) in [7, 11) is 0. The van der Waals surface area contributed by atoms with E-state index in [1.807, 2.05) is 28.7 Å². The summed E-state index contributed by atoms with van der Waals surface area (Å²) >= 11 is 1.99. The first-order valence-electron chi connectivity index (χ1n) is 9.77. The second-order valence-corrected chi connectivity index (χ2v) is 10.6. The molecule has 0 saturated heterocycles. The summed E-state index contributed by atoms with van der Waals surface area (Å²) in [5.41, 5.74) is 2.11. The van der Waals surface area contributed by atoms with Crippen LogP contribution in [0, 0.1) is 34.5 Å². The minimum absolute atomic E-state index is 0.273. The molecule has 0 aliphatic heterocycles. The zero-order valence-corrected chi connectivity index (χ0v) is 17.1. The Morgan fingerprint density at radius 1 is 1.12 bits per heavy atom. The van der Waals surface area contributed by atoms with Gasteiger partial charge in [-0.1, -0.05) is 19.4 Å². The molecule has 4 rings (SSSR count). The van der Waals surface area contributed by atoms with Crippen molar-refractivity contribution in [3.63, 3.8) is 0 Å². The second-order valence-electron chi connectivity index (χ2n) is 9.35. The third-order valence-corrected chi connectivity index (χ3v) is 9.01. The summed E-state index contributed by atoms with van der Waals surface area (Å²) in [6.07, 6.45) is 12.1. The molecule has 2 nitrogen and oxygen atoms in total. The molecule has 0 N–H and O–H groups in total. The predicted octanol–water partition coefficient (Wildman–Crippen LogP) is 5.49. The lowest BCUT2D eigenvalue weighted by molar-refractivity contribution is -0.117. The Kier molecular flexibility index (Phi) is 4.25. The highest BCUT2D eigenvalue weighted by Crippen LogP contribution is 2.67. The van der Waals surface area contributed by atoms with Gasteiger partial charge in [-0.25, -0.2) is 0 Å². The first-order valence-corrected chi connectivity index (χ1v) is 10.8. The van der Waals surface area contributed by atoms with E-state index in [4.69, 9.17) is 0 Å². The summed E-state index contributed by atoms with van der Waals surface area (Å²) in [5, 5.41) is 0. The smallest absolute Gasteiger partial charge is 0.192 e. The highest BCUT2D eigenvalue weighted by atomic mass is 127. The average molecular weight is 440 g/mol. The van der Waals surface area contributed by atoms with Crippen LogP contribution in [0.4, 0.5) is 0 Å². The van der Waals surface area contributed by atoms with E-state index in [2.05, 4.69) is 13.8 Å². The normalized spacial score (nSPS) is 47.5. The van der Waals surface area contributed by atoms with E-state index in [1.165, 1.54) is 37.7 Å². The van der Waals surface area contributed by atoms with Gasteiger partial charge in [0.05, 0.1) is 0 Å². The van der Waals surface area contributed by atoms with E-state index in [9.17, 15) is 9.59 Å². The first kappa shape index (κ1) is 17.2. The van der Waals surface area contributed by atoms with Crippen LogP contribution in [0.5, 0.6) is 0 Å². The van der Waals surface area contributed by atoms with E-state index in [0.29, 0.717) is 20.9 Å². The Labute approximate surface area is 159 Å². The van der Waals surface area contributed by atoms with Crippen LogP contribution in [-0.4, -0.2) is 9.57 Å². The molecular weight excluding hydrogens is 411 g/mol. The van der Waals surface area contributed by atoms with E-state index in [0.717, 1.165) is 43.4 Å². The van der Waals surface area contributed by atoms with Crippen LogP contribution >= 0.6 is 22.6 Å². The minimum Gasteiger partial charge on any atom is -0.295 e. The maximum atomic E-state index is 11.9. The van der Waals surface area contributed by atoms with Gasteiger partial charge in [0.2, 0.25) is 0 Å². The first-order chi connectivity index (χ1) is 11.3. The molecule has 0 aromatic rings. The van der Waals surface area contributed by atoms with Gasteiger partial charge >= 0.3 is 0 Å². The number of carbonyl (C=O) groups is 2. The van der Waals surface area contributed by atoms with Crippen LogP contribution in [0.15, 0.2) is 11.6 Å². The van der Waals surface area contributed by atoms with Crippen molar-refractivity contribution < 1.29 is 9.59 Å². The molecule has 3 heteroatoms. The number of hydrogen-bond donors (Lipinski definition) is 0. The summed E-state index contributed by atoms with van der Waals surface area (Å²) in [5.74, 6) is 3.33. The minimum atomic E-state index is 0.273. The molecule has 3 fully saturated rings. The molecule has 4 aliphatic rings. The zero-order chi connectivity index (χ0) is 17.1. The summed E-state index contributed by atoms with van der Waals surface area (Å²) in [6.45, 7) is 4.94. The topological polar surface area (TPSA) is 34.1 Å². The number of ketones is 1. The SMILES string of the molecule is C[C@]12CCC(=O)C=C1CC[C@@H]1[C@H]2CC[C@]2(C)C(CC(=O)I)CC[C@@H]12. The van der Waals surface area contributed by atoms with Crippen molar-refractivity contribution in [1.29, 1.82) is 0 Å². The molecule has 0 aromatic heterocycles. The molecular formula is C21H29IO2. The largest absolute Gasteiger partial charge is 0.295 e. The fraction of sp³-hybridized carbons (Fsp3) is 0.810. The highest BCUT2D eigenvalue weighted by Gasteiger charge is 2.58. The molecule has 24 heavy (non-hydrogen) atoms. The molecule has 0 aromatic carbocycles. The van der Waals surface area contributed by atoms with Crippen molar-refractivity contribution in [1.82, 2.24) is 0 Å². The molecule has 0 amide bonds. The Morgan fingerprint density at radius 2 is 1.92 bits per heavy atom. The lowest BCUT2D eigenvalue weighted by Gasteiger charge is -2.58. The molecule has 0 bridgehead atoms. The summed E-state index contributed by atoms with van der Waals surface area (Å²) in [4.78, 5) is 23.6. The van der Waals surface area contributed by atoms with Gasteiger partial charge in [-0.2, -0.15) is 0 Å². The average Bonchev–Trinajstić information content (AvgIpc) is 2.84. The van der Waals surface area contributed by atoms with Crippen molar-refractivity contribution >= 4 is 32.2 Å².